The van der Waals surface area contributed by atoms with E-state index in [1.54, 1.807) is 23.9 Å². The van der Waals surface area contributed by atoms with Crippen LogP contribution in [0.1, 0.15) is 29.6 Å². The quantitative estimate of drug-likeness (QED) is 0.606. The Morgan fingerprint density at radius 2 is 2.00 bits per heavy atom. The molecule has 1 aromatic carbocycles. The summed E-state index contributed by atoms with van der Waals surface area (Å²) in [5.74, 6) is 1.68. The molecule has 4 heteroatoms. The number of esters is 1. The lowest BCUT2D eigenvalue weighted by atomic mass is 10.1. The first kappa shape index (κ1) is 13.1. The van der Waals surface area contributed by atoms with Gasteiger partial charge in [0.15, 0.2) is 5.78 Å². The summed E-state index contributed by atoms with van der Waals surface area (Å²) >= 11 is 1.80. The third kappa shape index (κ3) is 3.88. The summed E-state index contributed by atoms with van der Waals surface area (Å²) in [4.78, 5) is 23.3. The fourth-order valence-electron chi connectivity index (χ4n) is 1.83. The van der Waals surface area contributed by atoms with Crippen molar-refractivity contribution in [3.63, 3.8) is 0 Å². The van der Waals surface area contributed by atoms with Crippen molar-refractivity contribution in [2.24, 2.45) is 0 Å². The van der Waals surface area contributed by atoms with E-state index in [1.165, 1.54) is 0 Å². The molecule has 0 saturated carbocycles. The van der Waals surface area contributed by atoms with Crippen molar-refractivity contribution in [3.8, 4) is 0 Å². The van der Waals surface area contributed by atoms with E-state index in [0.717, 1.165) is 17.9 Å². The van der Waals surface area contributed by atoms with Gasteiger partial charge in [-0.1, -0.05) is 30.3 Å². The standard InChI is InChI=1S/C14H16O3S/c15-13(11-4-2-1-3-5-11)6-7-14(16)17-12-8-9-18-10-12/h1-5,12H,6-10H2. The van der Waals surface area contributed by atoms with E-state index in [4.69, 9.17) is 4.74 Å². The molecule has 0 amide bonds. The highest BCUT2D eigenvalue weighted by Crippen LogP contribution is 2.20. The van der Waals surface area contributed by atoms with E-state index in [0.29, 0.717) is 5.56 Å². The molecule has 1 aliphatic heterocycles. The number of ketones is 1. The van der Waals surface area contributed by atoms with Gasteiger partial charge in [-0.2, -0.15) is 11.8 Å². The van der Waals surface area contributed by atoms with Crippen LogP contribution in [0.5, 0.6) is 0 Å². The number of carbonyl (C=O) groups is 2. The summed E-state index contributed by atoms with van der Waals surface area (Å²) in [6.07, 6.45) is 1.38. The summed E-state index contributed by atoms with van der Waals surface area (Å²) in [6.45, 7) is 0. The minimum atomic E-state index is -0.258. The first-order valence-electron chi connectivity index (χ1n) is 6.11. The second-order valence-electron chi connectivity index (χ2n) is 4.26. The van der Waals surface area contributed by atoms with Gasteiger partial charge in [0.25, 0.3) is 0 Å². The van der Waals surface area contributed by atoms with Gasteiger partial charge in [-0.25, -0.2) is 0 Å². The molecule has 18 heavy (non-hydrogen) atoms. The molecule has 0 bridgehead atoms. The number of rotatable bonds is 5. The van der Waals surface area contributed by atoms with Gasteiger partial charge in [0, 0.05) is 17.7 Å². The molecule has 1 atom stereocenters. The van der Waals surface area contributed by atoms with E-state index in [1.807, 2.05) is 18.2 Å². The highest BCUT2D eigenvalue weighted by Gasteiger charge is 2.20. The van der Waals surface area contributed by atoms with Crippen LogP contribution < -0.4 is 0 Å². The highest BCUT2D eigenvalue weighted by atomic mass is 32.2. The lowest BCUT2D eigenvalue weighted by Crippen LogP contribution is -2.18. The van der Waals surface area contributed by atoms with Crippen molar-refractivity contribution in [1.82, 2.24) is 0 Å². The molecule has 3 nitrogen and oxygen atoms in total. The smallest absolute Gasteiger partial charge is 0.306 e. The summed E-state index contributed by atoms with van der Waals surface area (Å²) in [6, 6.07) is 9.04. The fraction of sp³-hybridized carbons (Fsp3) is 0.429. The minimum Gasteiger partial charge on any atom is -0.461 e. The number of benzene rings is 1. The Kier molecular flexibility index (Phi) is 4.81. The van der Waals surface area contributed by atoms with Crippen LogP contribution in [0.25, 0.3) is 0 Å². The van der Waals surface area contributed by atoms with Gasteiger partial charge < -0.3 is 4.74 Å². The van der Waals surface area contributed by atoms with Crippen LogP contribution in [0.3, 0.4) is 0 Å². The van der Waals surface area contributed by atoms with Gasteiger partial charge in [-0.05, 0) is 12.2 Å². The maximum absolute atomic E-state index is 11.8. The van der Waals surface area contributed by atoms with E-state index >= 15 is 0 Å². The van der Waals surface area contributed by atoms with Gasteiger partial charge in [-0.3, -0.25) is 9.59 Å². The van der Waals surface area contributed by atoms with Crippen molar-refractivity contribution in [3.05, 3.63) is 35.9 Å². The SMILES string of the molecule is O=C(CCC(=O)c1ccccc1)OC1CCSC1. The topological polar surface area (TPSA) is 43.4 Å². The van der Waals surface area contributed by atoms with Crippen molar-refractivity contribution >= 4 is 23.5 Å². The van der Waals surface area contributed by atoms with E-state index in [9.17, 15) is 9.59 Å². The maximum Gasteiger partial charge on any atom is 0.306 e. The van der Waals surface area contributed by atoms with Crippen LogP contribution >= 0.6 is 11.8 Å². The zero-order valence-corrected chi connectivity index (χ0v) is 10.9. The largest absolute Gasteiger partial charge is 0.461 e. The molecule has 0 aliphatic carbocycles. The van der Waals surface area contributed by atoms with E-state index < -0.39 is 0 Å². The second kappa shape index (κ2) is 6.59. The van der Waals surface area contributed by atoms with Crippen molar-refractivity contribution in [2.45, 2.75) is 25.4 Å². The van der Waals surface area contributed by atoms with Crippen LogP contribution in [0, 0.1) is 0 Å². The number of thioether (sulfide) groups is 1. The molecule has 1 aliphatic rings. The van der Waals surface area contributed by atoms with Gasteiger partial charge >= 0.3 is 5.97 Å². The average Bonchev–Trinajstić information content (AvgIpc) is 2.90. The summed E-state index contributed by atoms with van der Waals surface area (Å²) in [5.41, 5.74) is 0.654. The van der Waals surface area contributed by atoms with Crippen molar-refractivity contribution in [1.29, 1.82) is 0 Å². The number of Topliss-reactive ketones (excluding diaryl/α,β-unsaturated/α-hetero) is 1. The molecule has 1 unspecified atom stereocenters. The lowest BCUT2D eigenvalue weighted by Gasteiger charge is -2.10. The number of hydrogen-bond donors (Lipinski definition) is 0. The predicted octanol–water partition coefficient (Wildman–Crippen LogP) is 2.70. The first-order valence-corrected chi connectivity index (χ1v) is 7.26. The van der Waals surface area contributed by atoms with E-state index in [-0.39, 0.29) is 30.7 Å². The monoisotopic (exact) mass is 264 g/mol. The third-order valence-electron chi connectivity index (χ3n) is 2.84. The van der Waals surface area contributed by atoms with Crippen LogP contribution in [0.2, 0.25) is 0 Å². The summed E-state index contributed by atoms with van der Waals surface area (Å²) < 4.78 is 5.29. The highest BCUT2D eigenvalue weighted by molar-refractivity contribution is 7.99. The van der Waals surface area contributed by atoms with Crippen LogP contribution in [0.4, 0.5) is 0 Å². The second-order valence-corrected chi connectivity index (χ2v) is 5.41. The van der Waals surface area contributed by atoms with Crippen molar-refractivity contribution < 1.29 is 14.3 Å². The molecule has 1 fully saturated rings. The van der Waals surface area contributed by atoms with Gasteiger partial charge in [0.05, 0.1) is 6.42 Å². The van der Waals surface area contributed by atoms with E-state index in [2.05, 4.69) is 0 Å². The fourth-order valence-corrected chi connectivity index (χ4v) is 2.93. The molecule has 0 aromatic heterocycles. The van der Waals surface area contributed by atoms with Crippen LogP contribution in [-0.4, -0.2) is 29.4 Å². The molecular formula is C14H16O3S. The van der Waals surface area contributed by atoms with Gasteiger partial charge in [0.1, 0.15) is 6.10 Å². The zero-order valence-electron chi connectivity index (χ0n) is 10.1. The Morgan fingerprint density at radius 3 is 2.67 bits per heavy atom. The lowest BCUT2D eigenvalue weighted by molar-refractivity contribution is -0.147. The molecular weight excluding hydrogens is 248 g/mol. The van der Waals surface area contributed by atoms with Crippen molar-refractivity contribution in [2.75, 3.05) is 11.5 Å². The number of carbonyl (C=O) groups excluding carboxylic acids is 2. The van der Waals surface area contributed by atoms with Gasteiger partial charge in [-0.15, -0.1) is 0 Å². The molecule has 0 spiro atoms. The molecule has 1 heterocycles. The number of hydrogen-bond acceptors (Lipinski definition) is 4. The third-order valence-corrected chi connectivity index (χ3v) is 3.97. The maximum atomic E-state index is 11.8. The Labute approximate surface area is 111 Å². The Hall–Kier alpha value is -1.29. The van der Waals surface area contributed by atoms with Crippen LogP contribution in [-0.2, 0) is 9.53 Å². The van der Waals surface area contributed by atoms with Gasteiger partial charge in [0.2, 0.25) is 0 Å². The average molecular weight is 264 g/mol. The number of ether oxygens (including phenoxy) is 1. The molecule has 96 valence electrons. The first-order chi connectivity index (χ1) is 8.75. The predicted molar refractivity (Wildman–Crippen MR) is 71.8 cm³/mol. The Bertz CT molecular complexity index is 410. The minimum absolute atomic E-state index is 0.00616. The molecule has 1 aromatic rings. The normalized spacial score (nSPS) is 18.6. The molecule has 1 saturated heterocycles. The molecule has 0 radical (unpaired) electrons. The zero-order chi connectivity index (χ0) is 12.8. The summed E-state index contributed by atoms with van der Waals surface area (Å²) in [7, 11) is 0. The summed E-state index contributed by atoms with van der Waals surface area (Å²) in [5, 5.41) is 0. The Morgan fingerprint density at radius 1 is 1.22 bits per heavy atom. The molecule has 2 rings (SSSR count). The van der Waals surface area contributed by atoms with Crippen LogP contribution in [0.15, 0.2) is 30.3 Å². The molecule has 0 N–H and O–H groups in total. The Balaban J connectivity index is 1.74.